The van der Waals surface area contributed by atoms with E-state index in [9.17, 15) is 9.59 Å². The molecule has 0 aliphatic heterocycles. The Bertz CT molecular complexity index is 755. The van der Waals surface area contributed by atoms with Crippen LogP contribution in [-0.4, -0.2) is 32.7 Å². The molecule has 0 aliphatic rings. The zero-order valence-electron chi connectivity index (χ0n) is 15.2. The minimum Gasteiger partial charge on any atom is -0.493 e. The minimum absolute atomic E-state index is 0.136. The normalized spacial score (nSPS) is 10.1. The Morgan fingerprint density at radius 2 is 1.73 bits per heavy atom. The molecule has 0 unspecified atom stereocenters. The predicted molar refractivity (Wildman–Crippen MR) is 97.2 cm³/mol. The second kappa shape index (κ2) is 9.46. The highest BCUT2D eigenvalue weighted by Crippen LogP contribution is 2.30. The maximum absolute atomic E-state index is 11.9. The molecule has 138 valence electrons. The van der Waals surface area contributed by atoms with Gasteiger partial charge in [0.1, 0.15) is 0 Å². The monoisotopic (exact) mass is 357 g/mol. The van der Waals surface area contributed by atoms with Gasteiger partial charge in [0.15, 0.2) is 18.1 Å². The highest BCUT2D eigenvalue weighted by molar-refractivity contribution is 5.81. The molecule has 0 fully saturated rings. The number of rotatable bonds is 8. The van der Waals surface area contributed by atoms with E-state index in [4.69, 9.17) is 14.2 Å². The summed E-state index contributed by atoms with van der Waals surface area (Å²) in [7, 11) is 3.09. The fraction of sp³-hybridized carbons (Fsp3) is 0.300. The number of hydrogen-bond acceptors (Lipinski definition) is 5. The van der Waals surface area contributed by atoms with Crippen LogP contribution in [0.15, 0.2) is 42.5 Å². The van der Waals surface area contributed by atoms with Crippen LogP contribution in [0, 0.1) is 6.92 Å². The van der Waals surface area contributed by atoms with E-state index >= 15 is 0 Å². The molecular weight excluding hydrogens is 334 g/mol. The first-order valence-electron chi connectivity index (χ1n) is 8.21. The number of methoxy groups -OCH3 is 2. The average Bonchev–Trinajstić information content (AvgIpc) is 2.66. The van der Waals surface area contributed by atoms with E-state index in [1.165, 1.54) is 7.11 Å². The molecule has 6 nitrogen and oxygen atoms in total. The molecule has 0 saturated heterocycles. The number of nitrogens with one attached hydrogen (secondary N) is 1. The Labute approximate surface area is 153 Å². The van der Waals surface area contributed by atoms with Crippen molar-refractivity contribution in [2.45, 2.75) is 19.9 Å². The van der Waals surface area contributed by atoms with Crippen LogP contribution in [0.1, 0.15) is 16.7 Å². The van der Waals surface area contributed by atoms with Crippen molar-refractivity contribution in [3.63, 3.8) is 0 Å². The molecule has 1 N–H and O–H groups in total. The maximum Gasteiger partial charge on any atom is 0.310 e. The van der Waals surface area contributed by atoms with Crippen LogP contribution >= 0.6 is 0 Å². The van der Waals surface area contributed by atoms with E-state index in [1.54, 1.807) is 13.2 Å². The van der Waals surface area contributed by atoms with E-state index < -0.39 is 5.97 Å². The number of ether oxygens (including phenoxy) is 3. The summed E-state index contributed by atoms with van der Waals surface area (Å²) in [5.41, 5.74) is 2.74. The molecule has 0 aliphatic carbocycles. The molecule has 26 heavy (non-hydrogen) atoms. The van der Waals surface area contributed by atoms with Gasteiger partial charge < -0.3 is 19.5 Å². The highest BCUT2D eigenvalue weighted by Gasteiger charge is 2.12. The predicted octanol–water partition coefficient (Wildman–Crippen LogP) is 2.41. The SMILES string of the molecule is COc1cccc(CNC(=O)COC(=O)Cc2ccc(C)cc2)c1OC. The number of hydrogen-bond donors (Lipinski definition) is 1. The Kier molecular flexibility index (Phi) is 7.02. The van der Waals surface area contributed by atoms with Gasteiger partial charge in [-0.1, -0.05) is 42.0 Å². The first-order valence-corrected chi connectivity index (χ1v) is 8.21. The number of amides is 1. The van der Waals surface area contributed by atoms with Gasteiger partial charge in [0, 0.05) is 12.1 Å². The largest absolute Gasteiger partial charge is 0.493 e. The third-order valence-corrected chi connectivity index (χ3v) is 3.79. The average molecular weight is 357 g/mol. The molecule has 6 heteroatoms. The standard InChI is InChI=1S/C20H23NO5/c1-14-7-9-15(10-8-14)11-19(23)26-13-18(22)21-12-16-5-4-6-17(24-2)20(16)25-3/h4-10H,11-13H2,1-3H3,(H,21,22). The number of aryl methyl sites for hydroxylation is 1. The number of carbonyl (C=O) groups is 2. The maximum atomic E-state index is 11.9. The molecule has 0 heterocycles. The van der Waals surface area contributed by atoms with Crippen molar-refractivity contribution in [3.8, 4) is 11.5 Å². The lowest BCUT2D eigenvalue weighted by atomic mass is 10.1. The topological polar surface area (TPSA) is 73.9 Å². The van der Waals surface area contributed by atoms with Gasteiger partial charge in [-0.25, -0.2) is 0 Å². The summed E-state index contributed by atoms with van der Waals surface area (Å²) < 4.78 is 15.6. The Hall–Kier alpha value is -3.02. The van der Waals surface area contributed by atoms with E-state index in [2.05, 4.69) is 5.32 Å². The third kappa shape index (κ3) is 5.51. The van der Waals surface area contributed by atoms with Crippen LogP contribution in [0.3, 0.4) is 0 Å². The summed E-state index contributed by atoms with van der Waals surface area (Å²) in [6, 6.07) is 13.0. The molecular formula is C20H23NO5. The minimum atomic E-state index is -0.442. The molecule has 0 saturated carbocycles. The molecule has 0 radical (unpaired) electrons. The lowest BCUT2D eigenvalue weighted by molar-refractivity contribution is -0.147. The molecule has 2 rings (SSSR count). The molecule has 2 aromatic carbocycles. The Morgan fingerprint density at radius 1 is 1.00 bits per heavy atom. The summed E-state index contributed by atoms with van der Waals surface area (Å²) in [5.74, 6) is 0.325. The van der Waals surface area contributed by atoms with Crippen molar-refractivity contribution in [2.24, 2.45) is 0 Å². The fourth-order valence-corrected chi connectivity index (χ4v) is 2.41. The second-order valence-corrected chi connectivity index (χ2v) is 5.75. The fourth-order valence-electron chi connectivity index (χ4n) is 2.41. The Balaban J connectivity index is 1.80. The first kappa shape index (κ1) is 19.3. The van der Waals surface area contributed by atoms with Gasteiger partial charge in [0.2, 0.25) is 0 Å². The molecule has 0 aromatic heterocycles. The highest BCUT2D eigenvalue weighted by atomic mass is 16.5. The van der Waals surface area contributed by atoms with E-state index in [-0.39, 0.29) is 25.5 Å². The summed E-state index contributed by atoms with van der Waals surface area (Å²) in [5, 5.41) is 2.70. The number of esters is 1. The zero-order chi connectivity index (χ0) is 18.9. The van der Waals surface area contributed by atoms with Crippen LogP contribution in [-0.2, 0) is 27.3 Å². The van der Waals surface area contributed by atoms with Gasteiger partial charge in [-0.05, 0) is 18.6 Å². The summed E-state index contributed by atoms with van der Waals surface area (Å²) in [6.07, 6.45) is 0.136. The van der Waals surface area contributed by atoms with Crippen molar-refractivity contribution < 1.29 is 23.8 Å². The van der Waals surface area contributed by atoms with Gasteiger partial charge in [0.05, 0.1) is 20.6 Å². The van der Waals surface area contributed by atoms with Crippen molar-refractivity contribution in [2.75, 3.05) is 20.8 Å². The van der Waals surface area contributed by atoms with Crippen molar-refractivity contribution in [1.29, 1.82) is 0 Å². The summed E-state index contributed by atoms with van der Waals surface area (Å²) in [4.78, 5) is 23.7. The van der Waals surface area contributed by atoms with Crippen molar-refractivity contribution >= 4 is 11.9 Å². The second-order valence-electron chi connectivity index (χ2n) is 5.75. The van der Waals surface area contributed by atoms with Gasteiger partial charge in [0.25, 0.3) is 5.91 Å². The number of para-hydroxylation sites is 1. The molecule has 0 atom stereocenters. The van der Waals surface area contributed by atoms with Crippen LogP contribution < -0.4 is 14.8 Å². The molecule has 0 bridgehead atoms. The van der Waals surface area contributed by atoms with Gasteiger partial charge in [-0.3, -0.25) is 9.59 Å². The zero-order valence-corrected chi connectivity index (χ0v) is 15.2. The molecule has 0 spiro atoms. The Morgan fingerprint density at radius 3 is 2.38 bits per heavy atom. The summed E-state index contributed by atoms with van der Waals surface area (Å²) >= 11 is 0. The van der Waals surface area contributed by atoms with Crippen molar-refractivity contribution in [1.82, 2.24) is 5.32 Å². The molecule has 2 aromatic rings. The van der Waals surface area contributed by atoms with Gasteiger partial charge in [-0.2, -0.15) is 0 Å². The smallest absolute Gasteiger partial charge is 0.310 e. The molecule has 1 amide bonds. The number of benzene rings is 2. The van der Waals surface area contributed by atoms with Gasteiger partial charge in [-0.15, -0.1) is 0 Å². The quantitative estimate of drug-likeness (QED) is 0.735. The van der Waals surface area contributed by atoms with Crippen LogP contribution in [0.4, 0.5) is 0 Å². The van der Waals surface area contributed by atoms with Crippen molar-refractivity contribution in [3.05, 3.63) is 59.2 Å². The van der Waals surface area contributed by atoms with Crippen LogP contribution in [0.2, 0.25) is 0 Å². The third-order valence-electron chi connectivity index (χ3n) is 3.79. The lowest BCUT2D eigenvalue weighted by Gasteiger charge is -2.13. The van der Waals surface area contributed by atoms with E-state index in [1.807, 2.05) is 43.3 Å². The number of carbonyl (C=O) groups excluding carboxylic acids is 2. The first-order chi connectivity index (χ1) is 12.5. The van der Waals surface area contributed by atoms with Gasteiger partial charge >= 0.3 is 5.97 Å². The van der Waals surface area contributed by atoms with Crippen LogP contribution in [0.25, 0.3) is 0 Å². The lowest BCUT2D eigenvalue weighted by Crippen LogP contribution is -2.28. The van der Waals surface area contributed by atoms with Crippen LogP contribution in [0.5, 0.6) is 11.5 Å². The van der Waals surface area contributed by atoms with E-state index in [0.717, 1.165) is 16.7 Å². The van der Waals surface area contributed by atoms with E-state index in [0.29, 0.717) is 11.5 Å². The summed E-state index contributed by atoms with van der Waals surface area (Å²) in [6.45, 7) is 1.90.